The number of carbonyl (C=O) groups is 1. The van der Waals surface area contributed by atoms with E-state index in [0.29, 0.717) is 12.4 Å². The number of carbonyl (C=O) groups excluding carboxylic acids is 1. The second-order valence-corrected chi connectivity index (χ2v) is 8.71. The fourth-order valence-electron chi connectivity index (χ4n) is 2.90. The molecule has 3 aromatic rings. The summed E-state index contributed by atoms with van der Waals surface area (Å²) in [7, 11) is -3.37. The predicted molar refractivity (Wildman–Crippen MR) is 109 cm³/mol. The smallest absolute Gasteiger partial charge is 0.225 e. The largest absolute Gasteiger partial charge is 0.311 e. The number of hydrogen-bond donors (Lipinski definition) is 1. The van der Waals surface area contributed by atoms with Crippen LogP contribution in [-0.4, -0.2) is 29.9 Å². The standard InChI is InChI=1S/C21H23N3O3S/c1-17-15-20(24(23-17)16-18-9-4-2-5-10-18)22-21(25)13-8-14-28(26,27)19-11-6-3-7-12-19/h2-7,9-12,15H,8,13-14,16H2,1H3,(H,22,25). The fourth-order valence-corrected chi connectivity index (χ4v) is 4.23. The highest BCUT2D eigenvalue weighted by Gasteiger charge is 2.15. The summed E-state index contributed by atoms with van der Waals surface area (Å²) in [6.07, 6.45) is 0.385. The van der Waals surface area contributed by atoms with E-state index in [9.17, 15) is 13.2 Å². The van der Waals surface area contributed by atoms with Crippen LogP contribution in [0.5, 0.6) is 0 Å². The summed E-state index contributed by atoms with van der Waals surface area (Å²) in [5.41, 5.74) is 1.88. The number of hydrogen-bond acceptors (Lipinski definition) is 4. The number of sulfone groups is 1. The van der Waals surface area contributed by atoms with Gasteiger partial charge in [-0.25, -0.2) is 13.1 Å². The lowest BCUT2D eigenvalue weighted by atomic mass is 10.2. The summed E-state index contributed by atoms with van der Waals surface area (Å²) in [4.78, 5) is 12.6. The Bertz CT molecular complexity index is 1030. The molecule has 1 heterocycles. The van der Waals surface area contributed by atoms with Crippen molar-refractivity contribution in [1.29, 1.82) is 0 Å². The highest BCUT2D eigenvalue weighted by atomic mass is 32.2. The van der Waals surface area contributed by atoms with Gasteiger partial charge in [0.15, 0.2) is 9.84 Å². The van der Waals surface area contributed by atoms with E-state index in [-0.39, 0.29) is 29.4 Å². The van der Waals surface area contributed by atoms with Gasteiger partial charge in [-0.3, -0.25) is 4.79 Å². The predicted octanol–water partition coefficient (Wildman–Crippen LogP) is 3.43. The molecule has 2 aromatic carbocycles. The number of amides is 1. The van der Waals surface area contributed by atoms with E-state index in [0.717, 1.165) is 11.3 Å². The molecule has 0 aliphatic rings. The van der Waals surface area contributed by atoms with E-state index >= 15 is 0 Å². The molecule has 0 fully saturated rings. The summed E-state index contributed by atoms with van der Waals surface area (Å²) in [6, 6.07) is 20.0. The zero-order chi connectivity index (χ0) is 20.0. The first-order valence-corrected chi connectivity index (χ1v) is 10.8. The van der Waals surface area contributed by atoms with Gasteiger partial charge in [0.05, 0.1) is 22.9 Å². The Labute approximate surface area is 165 Å². The molecule has 0 atom stereocenters. The Morgan fingerprint density at radius 2 is 1.68 bits per heavy atom. The lowest BCUT2D eigenvalue weighted by molar-refractivity contribution is -0.116. The van der Waals surface area contributed by atoms with Crippen molar-refractivity contribution in [2.75, 3.05) is 11.1 Å². The van der Waals surface area contributed by atoms with Crippen LogP contribution in [0, 0.1) is 6.92 Å². The maximum atomic E-state index is 12.3. The van der Waals surface area contributed by atoms with Crippen LogP contribution in [0.1, 0.15) is 24.1 Å². The molecule has 1 N–H and O–H groups in total. The van der Waals surface area contributed by atoms with Gasteiger partial charge >= 0.3 is 0 Å². The number of aryl methyl sites for hydroxylation is 1. The second-order valence-electron chi connectivity index (χ2n) is 6.60. The molecule has 3 rings (SSSR count). The first-order valence-electron chi connectivity index (χ1n) is 9.10. The Hall–Kier alpha value is -2.93. The van der Waals surface area contributed by atoms with Crippen molar-refractivity contribution in [2.24, 2.45) is 0 Å². The molecule has 0 saturated heterocycles. The van der Waals surface area contributed by atoms with Gasteiger partial charge in [0.2, 0.25) is 5.91 Å². The zero-order valence-electron chi connectivity index (χ0n) is 15.7. The highest BCUT2D eigenvalue weighted by Crippen LogP contribution is 2.15. The van der Waals surface area contributed by atoms with E-state index in [1.165, 1.54) is 0 Å². The minimum atomic E-state index is -3.37. The Morgan fingerprint density at radius 3 is 2.36 bits per heavy atom. The van der Waals surface area contributed by atoms with Crippen molar-refractivity contribution < 1.29 is 13.2 Å². The molecule has 146 valence electrons. The SMILES string of the molecule is Cc1cc(NC(=O)CCCS(=O)(=O)c2ccccc2)n(Cc2ccccc2)n1. The number of nitrogens with zero attached hydrogens (tertiary/aromatic N) is 2. The van der Waals surface area contributed by atoms with Crippen molar-refractivity contribution in [3.63, 3.8) is 0 Å². The van der Waals surface area contributed by atoms with Gasteiger partial charge in [0.25, 0.3) is 0 Å². The lowest BCUT2D eigenvalue weighted by Crippen LogP contribution is -2.17. The number of aromatic nitrogens is 2. The molecule has 0 bridgehead atoms. The van der Waals surface area contributed by atoms with Crippen LogP contribution in [-0.2, 0) is 21.2 Å². The summed E-state index contributed by atoms with van der Waals surface area (Å²) in [5, 5.41) is 7.27. The van der Waals surface area contributed by atoms with Crippen molar-refractivity contribution in [3.8, 4) is 0 Å². The summed E-state index contributed by atoms with van der Waals surface area (Å²) in [6.45, 7) is 2.41. The fraction of sp³-hybridized carbons (Fsp3) is 0.238. The topological polar surface area (TPSA) is 81.1 Å². The van der Waals surface area contributed by atoms with Crippen LogP contribution >= 0.6 is 0 Å². The van der Waals surface area contributed by atoms with Crippen LogP contribution in [0.15, 0.2) is 71.6 Å². The second kappa shape index (κ2) is 8.84. The van der Waals surface area contributed by atoms with Crippen molar-refractivity contribution in [1.82, 2.24) is 9.78 Å². The molecular weight excluding hydrogens is 374 g/mol. The molecule has 28 heavy (non-hydrogen) atoms. The highest BCUT2D eigenvalue weighted by molar-refractivity contribution is 7.91. The zero-order valence-corrected chi connectivity index (χ0v) is 16.5. The van der Waals surface area contributed by atoms with Crippen molar-refractivity contribution >= 4 is 21.6 Å². The number of benzene rings is 2. The van der Waals surface area contributed by atoms with Crippen LogP contribution in [0.25, 0.3) is 0 Å². The molecule has 0 radical (unpaired) electrons. The minimum absolute atomic E-state index is 0.0628. The molecule has 0 aliphatic heterocycles. The molecule has 0 aliphatic carbocycles. The molecule has 0 unspecified atom stereocenters. The van der Waals surface area contributed by atoms with Gasteiger partial charge in [-0.05, 0) is 31.0 Å². The van der Waals surface area contributed by atoms with Gasteiger partial charge in [-0.1, -0.05) is 48.5 Å². The van der Waals surface area contributed by atoms with Crippen molar-refractivity contribution in [3.05, 3.63) is 78.0 Å². The van der Waals surface area contributed by atoms with Gasteiger partial charge in [-0.2, -0.15) is 5.10 Å². The van der Waals surface area contributed by atoms with Crippen molar-refractivity contribution in [2.45, 2.75) is 31.2 Å². The minimum Gasteiger partial charge on any atom is -0.311 e. The third kappa shape index (κ3) is 5.29. The molecule has 0 spiro atoms. The quantitative estimate of drug-likeness (QED) is 0.631. The molecule has 0 saturated carbocycles. The lowest BCUT2D eigenvalue weighted by Gasteiger charge is -2.09. The molecule has 7 heteroatoms. The maximum absolute atomic E-state index is 12.3. The van der Waals surface area contributed by atoms with E-state index in [4.69, 9.17) is 0 Å². The third-order valence-corrected chi connectivity index (χ3v) is 6.08. The number of anilines is 1. The van der Waals surface area contributed by atoms with E-state index in [1.807, 2.05) is 43.3 Å². The normalized spacial score (nSPS) is 11.3. The Kier molecular flexibility index (Phi) is 6.26. The molecular formula is C21H23N3O3S. The van der Waals surface area contributed by atoms with Gasteiger partial charge in [-0.15, -0.1) is 0 Å². The van der Waals surface area contributed by atoms with E-state index in [1.54, 1.807) is 35.0 Å². The molecule has 1 amide bonds. The van der Waals surface area contributed by atoms with E-state index in [2.05, 4.69) is 10.4 Å². The number of rotatable bonds is 8. The average molecular weight is 398 g/mol. The average Bonchev–Trinajstić information content (AvgIpc) is 3.01. The third-order valence-electron chi connectivity index (χ3n) is 4.26. The van der Waals surface area contributed by atoms with Crippen LogP contribution in [0.3, 0.4) is 0 Å². The number of nitrogens with one attached hydrogen (secondary N) is 1. The van der Waals surface area contributed by atoms with Gasteiger partial charge < -0.3 is 5.32 Å². The van der Waals surface area contributed by atoms with Gasteiger partial charge in [0.1, 0.15) is 5.82 Å². The summed E-state index contributed by atoms with van der Waals surface area (Å²) < 4.78 is 26.3. The molecule has 6 nitrogen and oxygen atoms in total. The first kappa shape index (κ1) is 19.8. The van der Waals surface area contributed by atoms with Crippen LogP contribution in [0.2, 0.25) is 0 Å². The van der Waals surface area contributed by atoms with Crippen LogP contribution < -0.4 is 5.32 Å². The summed E-state index contributed by atoms with van der Waals surface area (Å²) >= 11 is 0. The Morgan fingerprint density at radius 1 is 1.04 bits per heavy atom. The van der Waals surface area contributed by atoms with E-state index < -0.39 is 9.84 Å². The summed E-state index contributed by atoms with van der Waals surface area (Å²) in [5.74, 6) is 0.321. The molecule has 1 aromatic heterocycles. The maximum Gasteiger partial charge on any atom is 0.225 e. The first-order chi connectivity index (χ1) is 13.4. The van der Waals surface area contributed by atoms with Gasteiger partial charge in [0, 0.05) is 12.5 Å². The Balaban J connectivity index is 1.57. The monoisotopic (exact) mass is 397 g/mol. The van der Waals surface area contributed by atoms with Crippen LogP contribution in [0.4, 0.5) is 5.82 Å².